The highest BCUT2D eigenvalue weighted by Crippen LogP contribution is 2.38. The van der Waals surface area contributed by atoms with Crippen LogP contribution < -0.4 is 5.43 Å². The van der Waals surface area contributed by atoms with E-state index in [2.05, 4.69) is 5.43 Å². The molecule has 1 fully saturated rings. The molecule has 0 radical (unpaired) electrons. The summed E-state index contributed by atoms with van der Waals surface area (Å²) in [7, 11) is 0. The average molecular weight is 292 g/mol. The Kier molecular flexibility index (Phi) is 4.70. The van der Waals surface area contributed by atoms with E-state index in [1.54, 1.807) is 4.68 Å². The van der Waals surface area contributed by atoms with E-state index in [-0.39, 0.29) is 12.3 Å². The summed E-state index contributed by atoms with van der Waals surface area (Å²) >= 11 is 0. The van der Waals surface area contributed by atoms with Crippen molar-refractivity contribution >= 4 is 11.9 Å². The molecule has 5 nitrogen and oxygen atoms in total. The lowest BCUT2D eigenvalue weighted by molar-refractivity contribution is -0.152. The fraction of sp³-hybridized carbons (Fsp3) is 0.625. The number of nitrogens with zero attached hydrogens (tertiary/aromatic N) is 1. The lowest BCUT2D eigenvalue weighted by atomic mass is 9.77. The molecule has 5 heteroatoms. The van der Waals surface area contributed by atoms with Crippen molar-refractivity contribution in [3.05, 3.63) is 23.5 Å². The third kappa shape index (κ3) is 3.46. The van der Waals surface area contributed by atoms with Crippen LogP contribution >= 0.6 is 0 Å². The molecule has 2 N–H and O–H groups in total. The summed E-state index contributed by atoms with van der Waals surface area (Å²) in [5.74, 6) is -1.05. The number of carboxylic acids is 1. The average Bonchev–Trinajstić information content (AvgIpc) is 2.66. The minimum absolute atomic E-state index is 0.0550. The van der Waals surface area contributed by atoms with Gasteiger partial charge in [-0.1, -0.05) is 25.7 Å². The van der Waals surface area contributed by atoms with Crippen LogP contribution in [0.1, 0.15) is 56.3 Å². The molecule has 0 aromatic carbocycles. The van der Waals surface area contributed by atoms with Crippen LogP contribution in [0.3, 0.4) is 0 Å². The van der Waals surface area contributed by atoms with Crippen LogP contribution in [0.4, 0.5) is 0 Å². The van der Waals surface area contributed by atoms with Crippen LogP contribution in [0.2, 0.25) is 0 Å². The lowest BCUT2D eigenvalue weighted by Crippen LogP contribution is -2.37. The number of amides is 1. The van der Waals surface area contributed by atoms with E-state index in [0.29, 0.717) is 12.8 Å². The zero-order valence-electron chi connectivity index (χ0n) is 12.8. The molecule has 2 rings (SSSR count). The monoisotopic (exact) mass is 292 g/mol. The highest BCUT2D eigenvalue weighted by Gasteiger charge is 2.40. The van der Waals surface area contributed by atoms with Gasteiger partial charge in [0.05, 0.1) is 5.41 Å². The van der Waals surface area contributed by atoms with E-state index in [1.165, 1.54) is 0 Å². The Balaban J connectivity index is 2.10. The first kappa shape index (κ1) is 15.6. The molecule has 0 spiro atoms. The molecule has 116 valence electrons. The minimum Gasteiger partial charge on any atom is -0.481 e. The molecule has 0 aliphatic heterocycles. The number of hydrogen-bond acceptors (Lipinski definition) is 2. The summed E-state index contributed by atoms with van der Waals surface area (Å²) in [4.78, 5) is 24.0. The van der Waals surface area contributed by atoms with Crippen molar-refractivity contribution in [2.75, 3.05) is 5.43 Å². The van der Waals surface area contributed by atoms with Gasteiger partial charge in [-0.25, -0.2) is 0 Å². The maximum atomic E-state index is 12.3. The predicted molar refractivity (Wildman–Crippen MR) is 80.7 cm³/mol. The van der Waals surface area contributed by atoms with Gasteiger partial charge in [0, 0.05) is 17.8 Å². The number of hydrogen-bond donors (Lipinski definition) is 2. The number of carbonyl (C=O) groups is 2. The second kappa shape index (κ2) is 6.33. The molecule has 0 bridgehead atoms. The lowest BCUT2D eigenvalue weighted by Gasteiger charge is -2.27. The highest BCUT2D eigenvalue weighted by atomic mass is 16.4. The van der Waals surface area contributed by atoms with Crippen LogP contribution in [-0.2, 0) is 9.59 Å². The van der Waals surface area contributed by atoms with E-state index >= 15 is 0 Å². The van der Waals surface area contributed by atoms with Gasteiger partial charge in [-0.15, -0.1) is 0 Å². The third-order valence-corrected chi connectivity index (χ3v) is 4.52. The molecular formula is C16H24N2O3. The van der Waals surface area contributed by atoms with Gasteiger partial charge >= 0.3 is 5.97 Å². The number of nitrogens with one attached hydrogen (secondary N) is 1. The van der Waals surface area contributed by atoms with Crippen molar-refractivity contribution in [1.29, 1.82) is 0 Å². The quantitative estimate of drug-likeness (QED) is 0.838. The Hall–Kier alpha value is -1.78. The van der Waals surface area contributed by atoms with E-state index in [4.69, 9.17) is 0 Å². The number of aliphatic carboxylic acids is 1. The van der Waals surface area contributed by atoms with Crippen molar-refractivity contribution in [3.63, 3.8) is 0 Å². The molecule has 1 heterocycles. The van der Waals surface area contributed by atoms with Crippen molar-refractivity contribution in [2.45, 2.75) is 58.8 Å². The second-order valence-electron chi connectivity index (χ2n) is 6.16. The molecule has 0 unspecified atom stereocenters. The van der Waals surface area contributed by atoms with Crippen LogP contribution in [0, 0.1) is 19.3 Å². The van der Waals surface area contributed by atoms with Gasteiger partial charge in [0.1, 0.15) is 0 Å². The van der Waals surface area contributed by atoms with Crippen LogP contribution in [0.25, 0.3) is 0 Å². The zero-order chi connectivity index (χ0) is 15.5. The van der Waals surface area contributed by atoms with Gasteiger partial charge in [0.2, 0.25) is 5.91 Å². The van der Waals surface area contributed by atoms with E-state index in [9.17, 15) is 14.7 Å². The maximum Gasteiger partial charge on any atom is 0.310 e. The molecule has 1 saturated carbocycles. The van der Waals surface area contributed by atoms with Crippen molar-refractivity contribution in [1.82, 2.24) is 4.68 Å². The minimum atomic E-state index is -0.893. The summed E-state index contributed by atoms with van der Waals surface area (Å²) in [6.45, 7) is 3.82. The molecule has 1 amide bonds. The Morgan fingerprint density at radius 3 is 2.14 bits per heavy atom. The first-order chi connectivity index (χ1) is 9.94. The first-order valence-electron chi connectivity index (χ1n) is 7.63. The Labute approximate surface area is 125 Å². The maximum absolute atomic E-state index is 12.3. The Morgan fingerprint density at radius 2 is 1.67 bits per heavy atom. The molecule has 21 heavy (non-hydrogen) atoms. The number of carbonyl (C=O) groups excluding carboxylic acids is 1. The summed E-state index contributed by atoms with van der Waals surface area (Å²) < 4.78 is 1.72. The van der Waals surface area contributed by atoms with E-state index < -0.39 is 11.4 Å². The Morgan fingerprint density at radius 1 is 1.14 bits per heavy atom. The van der Waals surface area contributed by atoms with E-state index in [0.717, 1.165) is 37.1 Å². The molecule has 1 aromatic heterocycles. The molecule has 0 saturated heterocycles. The molecule has 0 atom stereocenters. The van der Waals surface area contributed by atoms with Crippen LogP contribution in [0.15, 0.2) is 12.1 Å². The van der Waals surface area contributed by atoms with Crippen LogP contribution in [-0.4, -0.2) is 21.7 Å². The van der Waals surface area contributed by atoms with E-state index in [1.807, 2.05) is 26.0 Å². The SMILES string of the molecule is Cc1ccc(C)n1NC(=O)CC1(C(=O)O)CCCCCC1. The van der Waals surface area contributed by atoms with Crippen molar-refractivity contribution in [2.24, 2.45) is 5.41 Å². The summed E-state index contributed by atoms with van der Waals surface area (Å²) in [6, 6.07) is 3.85. The molecular weight excluding hydrogens is 268 g/mol. The van der Waals surface area contributed by atoms with Gasteiger partial charge in [-0.2, -0.15) is 0 Å². The van der Waals surface area contributed by atoms with Gasteiger partial charge in [-0.05, 0) is 38.8 Å². The fourth-order valence-electron chi connectivity index (χ4n) is 3.19. The molecule has 1 aromatic rings. The number of aryl methyl sites for hydroxylation is 2. The largest absolute Gasteiger partial charge is 0.481 e. The standard InChI is InChI=1S/C16H24N2O3/c1-12-7-8-13(2)18(12)17-14(19)11-16(15(20)21)9-5-3-4-6-10-16/h7-8H,3-6,9-11H2,1-2H3,(H,17,19)(H,20,21). The second-order valence-corrected chi connectivity index (χ2v) is 6.16. The molecule has 1 aliphatic carbocycles. The van der Waals surface area contributed by atoms with Gasteiger partial charge in [0.15, 0.2) is 0 Å². The summed E-state index contributed by atoms with van der Waals surface area (Å²) in [5, 5.41) is 9.61. The number of aromatic nitrogens is 1. The number of rotatable bonds is 4. The fourth-order valence-corrected chi connectivity index (χ4v) is 3.19. The van der Waals surface area contributed by atoms with Crippen molar-refractivity contribution in [3.8, 4) is 0 Å². The Bertz CT molecular complexity index is 506. The smallest absolute Gasteiger partial charge is 0.310 e. The zero-order valence-corrected chi connectivity index (χ0v) is 12.8. The summed E-state index contributed by atoms with van der Waals surface area (Å²) in [6.07, 6.45) is 5.15. The topological polar surface area (TPSA) is 71.3 Å². The van der Waals surface area contributed by atoms with Gasteiger partial charge in [0.25, 0.3) is 0 Å². The van der Waals surface area contributed by atoms with Gasteiger partial charge in [-0.3, -0.25) is 19.7 Å². The highest BCUT2D eigenvalue weighted by molar-refractivity contribution is 5.89. The molecule has 1 aliphatic rings. The first-order valence-corrected chi connectivity index (χ1v) is 7.63. The van der Waals surface area contributed by atoms with Crippen molar-refractivity contribution < 1.29 is 14.7 Å². The summed E-state index contributed by atoms with van der Waals surface area (Å²) in [5.41, 5.74) is 3.80. The predicted octanol–water partition coefficient (Wildman–Crippen LogP) is 2.99. The van der Waals surface area contributed by atoms with Crippen LogP contribution in [0.5, 0.6) is 0 Å². The normalized spacial score (nSPS) is 18.0. The van der Waals surface area contributed by atoms with Gasteiger partial charge < -0.3 is 5.11 Å². The number of carboxylic acid groups (broad SMARTS) is 1. The third-order valence-electron chi connectivity index (χ3n) is 4.52.